The molecular weight excluding hydrogens is 648 g/mol. The average molecular weight is 684 g/mol. The summed E-state index contributed by atoms with van der Waals surface area (Å²) in [7, 11) is 0. The number of piperidine rings is 1. The Hall–Kier alpha value is -4.32. The van der Waals surface area contributed by atoms with Gasteiger partial charge in [-0.1, -0.05) is 31.1 Å². The number of hydrogen-bond donors (Lipinski definition) is 1. The van der Waals surface area contributed by atoms with Gasteiger partial charge in [-0.25, -0.2) is 15.0 Å². The summed E-state index contributed by atoms with van der Waals surface area (Å²) < 4.78 is 2.17. The van der Waals surface area contributed by atoms with E-state index in [9.17, 15) is 14.4 Å². The number of fused-ring (bicyclic) bond motifs is 3. The fraction of sp³-hybridized carbons (Fsp3) is 0.412. The van der Waals surface area contributed by atoms with Gasteiger partial charge in [-0.15, -0.1) is 0 Å². The van der Waals surface area contributed by atoms with Crippen LogP contribution in [0.3, 0.4) is 0 Å². The Morgan fingerprint density at radius 2 is 1.87 bits per heavy atom. The Labute approximate surface area is 275 Å². The monoisotopic (exact) mass is 682 g/mol. The first-order valence-electron chi connectivity index (χ1n) is 15.8. The molecule has 1 spiro atoms. The SMILES string of the molecule is CC(=O)c1nn(CC(=O)N2[C@H]3C[C@@]4(/C=C\CCCCCCc5ccc(Br)nc5NC3=O)C[C@@H]24)c2cnc(-c3cnc(C)nc3)cc12. The Morgan fingerprint density at radius 1 is 1.07 bits per heavy atom. The molecule has 46 heavy (non-hydrogen) atoms. The number of anilines is 1. The van der Waals surface area contributed by atoms with E-state index in [-0.39, 0.29) is 41.3 Å². The lowest BCUT2D eigenvalue weighted by Crippen LogP contribution is -2.47. The highest BCUT2D eigenvalue weighted by Crippen LogP contribution is 2.61. The van der Waals surface area contributed by atoms with Crippen LogP contribution in [0.15, 0.2) is 53.5 Å². The molecule has 0 unspecified atom stereocenters. The molecule has 6 heterocycles. The highest BCUT2D eigenvalue weighted by Gasteiger charge is 2.65. The summed E-state index contributed by atoms with van der Waals surface area (Å²) in [5, 5.41) is 8.24. The molecule has 4 aromatic rings. The van der Waals surface area contributed by atoms with E-state index in [4.69, 9.17) is 0 Å². The third-order valence-electron chi connectivity index (χ3n) is 9.45. The molecule has 7 rings (SSSR count). The molecule has 1 N–H and O–H groups in total. The minimum absolute atomic E-state index is 0.0739. The zero-order chi connectivity index (χ0) is 32.0. The van der Waals surface area contributed by atoms with Crippen molar-refractivity contribution in [1.82, 2.24) is 34.6 Å². The zero-order valence-electron chi connectivity index (χ0n) is 25.9. The van der Waals surface area contributed by atoms with Crippen molar-refractivity contribution in [3.8, 4) is 11.3 Å². The van der Waals surface area contributed by atoms with Crippen molar-refractivity contribution in [2.75, 3.05) is 5.32 Å². The van der Waals surface area contributed by atoms with E-state index in [0.717, 1.165) is 50.5 Å². The summed E-state index contributed by atoms with van der Waals surface area (Å²) in [5.74, 6) is 0.501. The fourth-order valence-electron chi connectivity index (χ4n) is 6.95. The number of allylic oxidation sites excluding steroid dienone is 1. The topological polar surface area (TPSA) is 136 Å². The standard InChI is InChI=1S/C34H35BrN8O3/c1-20(44)31-24-13-25(23-16-36-21(2)37-17-23)38-18-27(24)42(41-31)19-30(45)43-26-14-34(15-28(34)43)12-8-6-4-3-5-7-9-22-10-11-29(35)39-32(22)40-33(26)46/h8,10-13,16-18,26,28H,3-7,9,14-15,19H2,1-2H3,(H,39,40,46)/b12-8-/t26-,28+,34-/m0/s1. The molecule has 1 saturated heterocycles. The van der Waals surface area contributed by atoms with E-state index in [1.165, 1.54) is 11.6 Å². The van der Waals surface area contributed by atoms with E-state index in [0.29, 0.717) is 44.8 Å². The quantitative estimate of drug-likeness (QED) is 0.167. The fourth-order valence-corrected chi connectivity index (χ4v) is 7.26. The first-order chi connectivity index (χ1) is 22.2. The maximum absolute atomic E-state index is 14.2. The second kappa shape index (κ2) is 12.1. The summed E-state index contributed by atoms with van der Waals surface area (Å²) in [4.78, 5) is 60.2. The average Bonchev–Trinajstić information content (AvgIpc) is 3.45. The minimum Gasteiger partial charge on any atom is -0.325 e. The van der Waals surface area contributed by atoms with Crippen molar-refractivity contribution < 1.29 is 14.4 Å². The lowest BCUT2D eigenvalue weighted by molar-refractivity contribution is -0.138. The number of carbonyl (C=O) groups is 3. The van der Waals surface area contributed by atoms with Crippen molar-refractivity contribution in [3.05, 3.63) is 70.6 Å². The first-order valence-corrected chi connectivity index (χ1v) is 16.6. The number of aromatic nitrogens is 6. The van der Waals surface area contributed by atoms with Gasteiger partial charge in [-0.05, 0) is 79.1 Å². The second-order valence-corrected chi connectivity index (χ2v) is 13.4. The number of nitrogens with zero attached hydrogens (tertiary/aromatic N) is 7. The molecule has 3 aliphatic rings. The number of likely N-dealkylation sites (tertiary alicyclic amines) is 1. The molecule has 2 fully saturated rings. The van der Waals surface area contributed by atoms with Crippen LogP contribution in [0.1, 0.15) is 73.7 Å². The van der Waals surface area contributed by atoms with Crippen LogP contribution in [0.25, 0.3) is 22.2 Å². The van der Waals surface area contributed by atoms with Gasteiger partial charge in [0, 0.05) is 41.7 Å². The Kier molecular flexibility index (Phi) is 8.00. The minimum atomic E-state index is -0.657. The van der Waals surface area contributed by atoms with Gasteiger partial charge in [0.1, 0.15) is 34.5 Å². The Bertz CT molecular complexity index is 1890. The summed E-state index contributed by atoms with van der Waals surface area (Å²) in [5.41, 5.74) is 2.91. The van der Waals surface area contributed by atoms with E-state index >= 15 is 0 Å². The number of hydrogen-bond acceptors (Lipinski definition) is 8. The molecule has 2 amide bonds. The van der Waals surface area contributed by atoms with Crippen LogP contribution < -0.4 is 5.32 Å². The van der Waals surface area contributed by atoms with E-state index < -0.39 is 6.04 Å². The largest absolute Gasteiger partial charge is 0.325 e. The number of aryl methyl sites for hydroxylation is 2. The highest BCUT2D eigenvalue weighted by atomic mass is 79.9. The summed E-state index contributed by atoms with van der Waals surface area (Å²) in [6.07, 6.45) is 17.1. The molecule has 3 atom stereocenters. The number of nitrogens with one attached hydrogen (secondary N) is 1. The van der Waals surface area contributed by atoms with Gasteiger partial charge in [0.2, 0.25) is 11.8 Å². The summed E-state index contributed by atoms with van der Waals surface area (Å²) in [6.45, 7) is 3.14. The van der Waals surface area contributed by atoms with E-state index in [1.807, 2.05) is 12.1 Å². The van der Waals surface area contributed by atoms with E-state index in [1.54, 1.807) is 36.5 Å². The molecule has 0 aromatic carbocycles. The van der Waals surface area contributed by atoms with Gasteiger partial charge in [0.25, 0.3) is 0 Å². The second-order valence-electron chi connectivity index (χ2n) is 12.6. The molecule has 236 valence electrons. The van der Waals surface area contributed by atoms with Crippen molar-refractivity contribution in [2.24, 2.45) is 5.41 Å². The van der Waals surface area contributed by atoms with Gasteiger partial charge in [0.15, 0.2) is 5.78 Å². The van der Waals surface area contributed by atoms with Gasteiger partial charge < -0.3 is 10.2 Å². The molecule has 2 bridgehead atoms. The maximum atomic E-state index is 14.2. The predicted octanol–water partition coefficient (Wildman–Crippen LogP) is 5.62. The molecule has 1 aliphatic carbocycles. The highest BCUT2D eigenvalue weighted by molar-refractivity contribution is 9.10. The Morgan fingerprint density at radius 3 is 2.67 bits per heavy atom. The smallest absolute Gasteiger partial charge is 0.248 e. The molecule has 2 aliphatic heterocycles. The lowest BCUT2D eigenvalue weighted by Gasteiger charge is -2.27. The molecule has 1 saturated carbocycles. The van der Waals surface area contributed by atoms with Crippen LogP contribution in [0.5, 0.6) is 0 Å². The van der Waals surface area contributed by atoms with Gasteiger partial charge in [0.05, 0.1) is 17.4 Å². The number of ketones is 1. The number of Topliss-reactive ketones (excluding diaryl/α,β-unsaturated/α-hetero) is 1. The van der Waals surface area contributed by atoms with Crippen molar-refractivity contribution in [1.29, 1.82) is 0 Å². The van der Waals surface area contributed by atoms with Crippen LogP contribution in [0.2, 0.25) is 0 Å². The van der Waals surface area contributed by atoms with Crippen LogP contribution >= 0.6 is 15.9 Å². The number of pyridine rings is 2. The molecule has 4 aromatic heterocycles. The summed E-state index contributed by atoms with van der Waals surface area (Å²) >= 11 is 3.45. The lowest BCUT2D eigenvalue weighted by atomic mass is 9.97. The van der Waals surface area contributed by atoms with Crippen LogP contribution in [0.4, 0.5) is 5.82 Å². The van der Waals surface area contributed by atoms with Gasteiger partial charge in [-0.2, -0.15) is 5.10 Å². The summed E-state index contributed by atoms with van der Waals surface area (Å²) in [6, 6.07) is 4.96. The third-order valence-corrected chi connectivity index (χ3v) is 9.89. The van der Waals surface area contributed by atoms with Crippen LogP contribution in [0, 0.1) is 12.3 Å². The van der Waals surface area contributed by atoms with Crippen LogP contribution in [-0.2, 0) is 22.6 Å². The van der Waals surface area contributed by atoms with Crippen molar-refractivity contribution in [3.63, 3.8) is 0 Å². The molecule has 0 radical (unpaired) electrons. The van der Waals surface area contributed by atoms with E-state index in [2.05, 4.69) is 58.4 Å². The normalized spacial score (nSPS) is 23.5. The number of carbonyl (C=O) groups excluding carboxylic acids is 3. The predicted molar refractivity (Wildman–Crippen MR) is 176 cm³/mol. The number of rotatable bonds is 4. The van der Waals surface area contributed by atoms with Gasteiger partial charge >= 0.3 is 0 Å². The first kappa shape index (κ1) is 30.3. The third kappa shape index (κ3) is 5.74. The maximum Gasteiger partial charge on any atom is 0.248 e. The molecular formula is C34H35BrN8O3. The van der Waals surface area contributed by atoms with Crippen molar-refractivity contribution in [2.45, 2.75) is 83.8 Å². The van der Waals surface area contributed by atoms with Crippen molar-refractivity contribution >= 4 is 50.2 Å². The Balaban J connectivity index is 1.20. The zero-order valence-corrected chi connectivity index (χ0v) is 27.5. The van der Waals surface area contributed by atoms with Gasteiger partial charge in [-0.3, -0.25) is 24.0 Å². The number of amides is 2. The van der Waals surface area contributed by atoms with Crippen LogP contribution in [-0.4, -0.2) is 64.3 Å². The molecule has 12 heteroatoms. The number of halogens is 1. The molecule has 11 nitrogen and oxygen atoms in total.